The molecule has 152 valence electrons. The third-order valence-electron chi connectivity index (χ3n) is 6.46. The Balaban J connectivity index is 1.58. The summed E-state index contributed by atoms with van der Waals surface area (Å²) in [6, 6.07) is 3.44. The van der Waals surface area contributed by atoms with E-state index in [1.807, 2.05) is 0 Å². The van der Waals surface area contributed by atoms with E-state index in [4.69, 9.17) is 11.6 Å². The first-order chi connectivity index (χ1) is 16.1. The van der Waals surface area contributed by atoms with Crippen molar-refractivity contribution in [2.45, 2.75) is 31.1 Å². The number of rotatable bonds is 2. The minimum Gasteiger partial charge on any atom is -0.633 e. The predicted molar refractivity (Wildman–Crippen MR) is 108 cm³/mol. The Labute approximate surface area is 177 Å². The predicted octanol–water partition coefficient (Wildman–Crippen LogP) is 3.37. The molecular weight excluding hydrogens is 368 g/mol. The van der Waals surface area contributed by atoms with Crippen LogP contribution in [0.3, 0.4) is 0 Å². The maximum atomic E-state index is 13.5. The van der Waals surface area contributed by atoms with Gasteiger partial charge in [0.15, 0.2) is 6.10 Å². The van der Waals surface area contributed by atoms with Gasteiger partial charge in [-0.05, 0) is 16.7 Å². The second-order valence-electron chi connectivity index (χ2n) is 8.19. The first-order valence-corrected chi connectivity index (χ1v) is 9.99. The molecule has 0 saturated carbocycles. The summed E-state index contributed by atoms with van der Waals surface area (Å²) >= 11 is 0. The first-order valence-electron chi connectivity index (χ1n) is 12.5. The fourth-order valence-corrected chi connectivity index (χ4v) is 4.93. The topological polar surface area (TPSA) is 72.8 Å². The van der Waals surface area contributed by atoms with E-state index in [0.717, 1.165) is 0 Å². The Morgan fingerprint density at radius 3 is 2.55 bits per heavy atom. The highest BCUT2D eigenvalue weighted by molar-refractivity contribution is 5.70. The van der Waals surface area contributed by atoms with Gasteiger partial charge < -0.3 is 19.7 Å². The number of aliphatic hydroxyl groups is 1. The molecule has 1 N–H and O–H groups in total. The van der Waals surface area contributed by atoms with Crippen LogP contribution in [0.25, 0.3) is 0 Å². The number of piperidine rings is 3. The monoisotopic (exact) mass is 399 g/mol. The number of benzene rings is 2. The number of hydroxylamine groups is 3. The summed E-state index contributed by atoms with van der Waals surface area (Å²) < 4.78 is 46.5. The van der Waals surface area contributed by atoms with Crippen molar-refractivity contribution in [2.75, 3.05) is 26.2 Å². The van der Waals surface area contributed by atoms with Gasteiger partial charge in [-0.2, -0.15) is 0 Å². The van der Waals surface area contributed by atoms with Crippen LogP contribution in [0.1, 0.15) is 48.5 Å². The van der Waals surface area contributed by atoms with Crippen LogP contribution in [0.4, 0.5) is 4.79 Å². The zero-order chi connectivity index (χ0) is 24.4. The van der Waals surface area contributed by atoms with Crippen molar-refractivity contribution in [3.05, 3.63) is 76.4 Å². The molecule has 2 bridgehead atoms. The summed E-state index contributed by atoms with van der Waals surface area (Å²) in [4.78, 5) is 14.7. The fourth-order valence-electron chi connectivity index (χ4n) is 4.93. The highest BCUT2D eigenvalue weighted by Crippen LogP contribution is 2.40. The maximum Gasteiger partial charge on any atom is 0.411 e. The molecule has 3 fully saturated rings. The minimum atomic E-state index is -1.04. The van der Waals surface area contributed by atoms with Crippen LogP contribution in [0.15, 0.2) is 54.5 Å². The van der Waals surface area contributed by atoms with Gasteiger partial charge in [-0.15, -0.1) is 0 Å². The summed E-state index contributed by atoms with van der Waals surface area (Å²) in [6.07, 6.45) is -0.994. The summed E-state index contributed by atoms with van der Waals surface area (Å²) in [5.74, 6) is 0.0964. The molecule has 1 amide bonds. The molecule has 4 aliphatic heterocycles. The smallest absolute Gasteiger partial charge is 0.411 e. The Bertz CT molecular complexity index is 1130. The van der Waals surface area contributed by atoms with Crippen molar-refractivity contribution in [3.63, 3.8) is 0 Å². The lowest BCUT2D eigenvalue weighted by Gasteiger charge is -2.55. The average Bonchev–Trinajstić information content (AvgIpc) is 2.83. The van der Waals surface area contributed by atoms with E-state index in [2.05, 4.69) is 0 Å². The van der Waals surface area contributed by atoms with E-state index < -0.39 is 54.6 Å². The quantitative estimate of drug-likeness (QED) is 0.621. The van der Waals surface area contributed by atoms with E-state index in [1.165, 1.54) is 4.90 Å². The number of carbonyl (C=O) groups is 1. The third-order valence-corrected chi connectivity index (χ3v) is 6.46. The van der Waals surface area contributed by atoms with E-state index in [-0.39, 0.29) is 29.2 Å². The van der Waals surface area contributed by atoms with Crippen LogP contribution in [0.5, 0.6) is 0 Å². The number of β-amino-alcohol motifs (C(OH)–C–C–N with tert-alkyl or cyclic N) is 1. The minimum absolute atomic E-state index is 0.0523. The highest BCUT2D eigenvalue weighted by Gasteiger charge is 2.45. The molecule has 3 atom stereocenters. The second kappa shape index (κ2) is 7.13. The number of hydrogen-bond donors (Lipinski definition) is 1. The van der Waals surface area contributed by atoms with Gasteiger partial charge in [0, 0.05) is 18.8 Å². The summed E-state index contributed by atoms with van der Waals surface area (Å²) in [6.45, 7) is 1.04. The van der Waals surface area contributed by atoms with Gasteiger partial charge in [-0.3, -0.25) is 4.90 Å². The van der Waals surface area contributed by atoms with Crippen molar-refractivity contribution in [2.24, 2.45) is 5.92 Å². The van der Waals surface area contributed by atoms with Crippen LogP contribution in [-0.4, -0.2) is 53.0 Å². The Kier molecular flexibility index (Phi) is 3.38. The SMILES string of the molecule is [2H]c1c([2H])c([2H])c(C2c3ccccc3[C@@H](O)CN2C(=O)O[C@H]2C[N+]3([O-])CCC2CC3)c([2H])c1[2H]. The molecule has 29 heavy (non-hydrogen) atoms. The Hall–Kier alpha value is -2.41. The maximum absolute atomic E-state index is 13.5. The molecule has 0 spiro atoms. The number of aliphatic hydroxyl groups excluding tert-OH is 1. The van der Waals surface area contributed by atoms with Crippen LogP contribution >= 0.6 is 0 Å². The Morgan fingerprint density at radius 1 is 1.17 bits per heavy atom. The molecule has 6 nitrogen and oxygen atoms in total. The number of fused-ring (bicyclic) bond motifs is 4. The van der Waals surface area contributed by atoms with Gasteiger partial charge >= 0.3 is 6.09 Å². The lowest BCUT2D eigenvalue weighted by molar-refractivity contribution is -0.900. The third kappa shape index (κ3) is 3.31. The molecule has 0 aromatic heterocycles. The summed E-state index contributed by atoms with van der Waals surface area (Å²) in [5.41, 5.74) is 0.941. The van der Waals surface area contributed by atoms with Crippen molar-refractivity contribution in [3.8, 4) is 0 Å². The van der Waals surface area contributed by atoms with Crippen molar-refractivity contribution in [1.29, 1.82) is 0 Å². The standard InChI is InChI=1S/C23H26N2O4/c26-20-14-24(23(27)29-21-15-25(28)12-10-16(21)11-13-25)22(17-6-2-1-3-7-17)19-9-5-4-8-18(19)20/h1-9,16,20-22,26H,10-15H2/t16?,20-,21-,22?,25?/m0/s1/i1D,2D,3D,6D,7D. The number of hydrogen-bond acceptors (Lipinski definition) is 4. The summed E-state index contributed by atoms with van der Waals surface area (Å²) in [5, 5.41) is 23.6. The van der Waals surface area contributed by atoms with Crippen molar-refractivity contribution >= 4 is 6.09 Å². The van der Waals surface area contributed by atoms with Crippen molar-refractivity contribution < 1.29 is 26.1 Å². The van der Waals surface area contributed by atoms with E-state index in [9.17, 15) is 15.1 Å². The van der Waals surface area contributed by atoms with E-state index in [1.54, 1.807) is 24.3 Å². The average molecular weight is 400 g/mol. The van der Waals surface area contributed by atoms with Crippen LogP contribution in [0, 0.1) is 11.1 Å². The Morgan fingerprint density at radius 2 is 1.86 bits per heavy atom. The molecule has 4 aliphatic rings. The molecule has 0 radical (unpaired) electrons. The van der Waals surface area contributed by atoms with Crippen LogP contribution in [0.2, 0.25) is 0 Å². The molecule has 2 aromatic carbocycles. The molecular formula is C23H26N2O4. The summed E-state index contributed by atoms with van der Waals surface area (Å²) in [7, 11) is 0. The molecule has 0 aliphatic carbocycles. The van der Waals surface area contributed by atoms with Gasteiger partial charge in [0.1, 0.15) is 6.54 Å². The molecule has 3 saturated heterocycles. The number of amides is 1. The lowest BCUT2D eigenvalue weighted by atomic mass is 9.85. The number of quaternary nitrogens is 1. The lowest BCUT2D eigenvalue weighted by Crippen LogP contribution is -2.61. The van der Waals surface area contributed by atoms with Gasteiger partial charge in [-0.25, -0.2) is 4.79 Å². The van der Waals surface area contributed by atoms with Crippen LogP contribution < -0.4 is 0 Å². The van der Waals surface area contributed by atoms with Gasteiger partial charge in [0.05, 0.1) is 38.6 Å². The second-order valence-corrected chi connectivity index (χ2v) is 8.19. The van der Waals surface area contributed by atoms with Gasteiger partial charge in [0.25, 0.3) is 0 Å². The fraction of sp³-hybridized carbons (Fsp3) is 0.435. The normalized spacial score (nSPS) is 35.7. The van der Waals surface area contributed by atoms with Crippen LogP contribution in [-0.2, 0) is 4.74 Å². The molecule has 6 heteroatoms. The molecule has 1 unspecified atom stereocenters. The van der Waals surface area contributed by atoms with Crippen molar-refractivity contribution in [1.82, 2.24) is 4.90 Å². The zero-order valence-corrected chi connectivity index (χ0v) is 15.9. The number of nitrogens with zero attached hydrogens (tertiary/aromatic N) is 2. The largest absolute Gasteiger partial charge is 0.633 e. The van der Waals surface area contributed by atoms with Gasteiger partial charge in [-0.1, -0.05) is 54.5 Å². The highest BCUT2D eigenvalue weighted by atomic mass is 16.6. The van der Waals surface area contributed by atoms with Gasteiger partial charge in [0.2, 0.25) is 0 Å². The van der Waals surface area contributed by atoms with E-state index in [0.29, 0.717) is 37.1 Å². The molecule has 4 heterocycles. The van der Waals surface area contributed by atoms with E-state index >= 15 is 0 Å². The zero-order valence-electron chi connectivity index (χ0n) is 20.9. The number of ether oxygens (including phenoxy) is 1. The number of carbonyl (C=O) groups excluding carboxylic acids is 1. The molecule has 2 aromatic rings. The molecule has 6 rings (SSSR count). The first kappa shape index (κ1) is 13.7.